The molecule has 0 unspecified atom stereocenters. The summed E-state index contributed by atoms with van der Waals surface area (Å²) in [6, 6.07) is 0. The standard InChI is InChI=1S/C6H16O3SSi/c1-6(2,10)11(7-3,8-4)9-5/h10H,1-5H3. The maximum Gasteiger partial charge on any atom is 0.516 e. The predicted octanol–water partition coefficient (Wildman–Crippen LogP) is 1.11. The second-order valence-electron chi connectivity index (χ2n) is 2.73. The van der Waals surface area contributed by atoms with Crippen LogP contribution >= 0.6 is 12.6 Å². The van der Waals surface area contributed by atoms with Gasteiger partial charge in [0.2, 0.25) is 0 Å². The van der Waals surface area contributed by atoms with E-state index in [1.165, 1.54) is 0 Å². The van der Waals surface area contributed by atoms with Crippen molar-refractivity contribution < 1.29 is 13.3 Å². The lowest BCUT2D eigenvalue weighted by Crippen LogP contribution is -2.57. The third kappa shape index (κ3) is 2.19. The number of rotatable bonds is 4. The molecule has 11 heavy (non-hydrogen) atoms. The van der Waals surface area contributed by atoms with E-state index in [9.17, 15) is 0 Å². The second kappa shape index (κ2) is 3.91. The smallest absolute Gasteiger partial charge is 0.376 e. The molecule has 0 rings (SSSR count). The van der Waals surface area contributed by atoms with Crippen LogP contribution in [0.15, 0.2) is 0 Å². The van der Waals surface area contributed by atoms with Crippen LogP contribution in [0, 0.1) is 0 Å². The Morgan fingerprint density at radius 3 is 1.27 bits per heavy atom. The summed E-state index contributed by atoms with van der Waals surface area (Å²) in [7, 11) is 2.19. The molecule has 0 spiro atoms. The predicted molar refractivity (Wildman–Crippen MR) is 49.8 cm³/mol. The van der Waals surface area contributed by atoms with Crippen molar-refractivity contribution in [1.82, 2.24) is 0 Å². The van der Waals surface area contributed by atoms with Crippen LogP contribution in [-0.4, -0.2) is 34.5 Å². The summed E-state index contributed by atoms with van der Waals surface area (Å²) in [5, 5.41) is 0. The second-order valence-corrected chi connectivity index (χ2v) is 7.85. The summed E-state index contributed by atoms with van der Waals surface area (Å²) in [4.78, 5) is 0. The van der Waals surface area contributed by atoms with Gasteiger partial charge < -0.3 is 13.3 Å². The first-order valence-electron chi connectivity index (χ1n) is 3.31. The Balaban J connectivity index is 4.54. The molecule has 68 valence electrons. The summed E-state index contributed by atoms with van der Waals surface area (Å²) in [5.41, 5.74) is 0. The van der Waals surface area contributed by atoms with E-state index in [0.29, 0.717) is 0 Å². The van der Waals surface area contributed by atoms with E-state index in [-0.39, 0.29) is 4.37 Å². The van der Waals surface area contributed by atoms with Crippen LogP contribution in [-0.2, 0) is 13.3 Å². The van der Waals surface area contributed by atoms with Gasteiger partial charge in [-0.1, -0.05) is 0 Å². The Bertz CT molecular complexity index is 111. The Morgan fingerprint density at radius 1 is 1.00 bits per heavy atom. The molecule has 0 aliphatic rings. The van der Waals surface area contributed by atoms with Crippen molar-refractivity contribution in [3.63, 3.8) is 0 Å². The molecule has 0 saturated carbocycles. The number of hydrogen-bond acceptors (Lipinski definition) is 4. The van der Waals surface area contributed by atoms with Crippen molar-refractivity contribution in [2.24, 2.45) is 0 Å². The van der Waals surface area contributed by atoms with Gasteiger partial charge in [0.15, 0.2) is 0 Å². The molecule has 3 nitrogen and oxygen atoms in total. The van der Waals surface area contributed by atoms with Crippen molar-refractivity contribution in [2.75, 3.05) is 21.3 Å². The van der Waals surface area contributed by atoms with Crippen LogP contribution in [0.4, 0.5) is 0 Å². The topological polar surface area (TPSA) is 27.7 Å². The third-order valence-corrected chi connectivity index (χ3v) is 5.49. The molecule has 0 bridgehead atoms. The molecule has 0 saturated heterocycles. The van der Waals surface area contributed by atoms with Crippen molar-refractivity contribution in [3.05, 3.63) is 0 Å². The van der Waals surface area contributed by atoms with Crippen LogP contribution < -0.4 is 0 Å². The number of hydrogen-bond donors (Lipinski definition) is 1. The lowest BCUT2D eigenvalue weighted by molar-refractivity contribution is 0.112. The summed E-state index contributed by atoms with van der Waals surface area (Å²) in [6.45, 7) is 3.83. The van der Waals surface area contributed by atoms with E-state index in [0.717, 1.165) is 0 Å². The average Bonchev–Trinajstić information content (AvgIpc) is 1.90. The molecule has 0 heterocycles. The first-order chi connectivity index (χ1) is 4.93. The van der Waals surface area contributed by atoms with Gasteiger partial charge in [0, 0.05) is 21.3 Å². The van der Waals surface area contributed by atoms with E-state index in [1.54, 1.807) is 21.3 Å². The monoisotopic (exact) mass is 196 g/mol. The zero-order chi connectivity index (χ0) is 9.12. The molecule has 0 amide bonds. The highest BCUT2D eigenvalue weighted by atomic mass is 32.1. The molecule has 0 aromatic heterocycles. The SMILES string of the molecule is CO[Si](OC)(OC)C(C)(C)S. The molecule has 0 aromatic rings. The van der Waals surface area contributed by atoms with E-state index in [1.807, 2.05) is 13.8 Å². The van der Waals surface area contributed by atoms with Crippen LogP contribution in [0.2, 0.25) is 0 Å². The largest absolute Gasteiger partial charge is 0.516 e. The average molecular weight is 196 g/mol. The molecule has 0 fully saturated rings. The summed E-state index contributed by atoms with van der Waals surface area (Å²) in [6.07, 6.45) is 0. The van der Waals surface area contributed by atoms with Gasteiger partial charge >= 0.3 is 8.80 Å². The van der Waals surface area contributed by atoms with Gasteiger partial charge in [0.1, 0.15) is 0 Å². The third-order valence-electron chi connectivity index (χ3n) is 1.56. The highest BCUT2D eigenvalue weighted by Gasteiger charge is 2.51. The van der Waals surface area contributed by atoms with Gasteiger partial charge in [-0.25, -0.2) is 0 Å². The van der Waals surface area contributed by atoms with E-state index in [4.69, 9.17) is 13.3 Å². The van der Waals surface area contributed by atoms with Gasteiger partial charge in [0.05, 0.1) is 4.37 Å². The molecule has 0 atom stereocenters. The van der Waals surface area contributed by atoms with Gasteiger partial charge in [0.25, 0.3) is 0 Å². The van der Waals surface area contributed by atoms with Gasteiger partial charge in [-0.2, -0.15) is 12.6 Å². The minimum Gasteiger partial charge on any atom is -0.376 e. The molecule has 5 heteroatoms. The summed E-state index contributed by atoms with van der Waals surface area (Å²) >= 11 is 4.36. The lowest BCUT2D eigenvalue weighted by Gasteiger charge is -2.34. The summed E-state index contributed by atoms with van der Waals surface area (Å²) < 4.78 is 15.3. The van der Waals surface area contributed by atoms with Gasteiger partial charge in [-0.15, -0.1) is 0 Å². The van der Waals surface area contributed by atoms with E-state index < -0.39 is 8.80 Å². The highest BCUT2D eigenvalue weighted by Crippen LogP contribution is 2.27. The Hall–Kier alpha value is 0.447. The normalized spacial score (nSPS) is 13.6. The minimum atomic E-state index is -2.55. The quantitative estimate of drug-likeness (QED) is 0.539. The maximum absolute atomic E-state index is 5.22. The van der Waals surface area contributed by atoms with E-state index in [2.05, 4.69) is 12.6 Å². The molecular weight excluding hydrogens is 180 g/mol. The number of thiol groups is 1. The first kappa shape index (κ1) is 11.4. The first-order valence-corrected chi connectivity index (χ1v) is 5.48. The Labute approximate surface area is 74.8 Å². The molecule has 0 aliphatic heterocycles. The zero-order valence-electron chi connectivity index (χ0n) is 7.67. The lowest BCUT2D eigenvalue weighted by atomic mass is 10.5. The highest BCUT2D eigenvalue weighted by molar-refractivity contribution is 7.83. The van der Waals surface area contributed by atoms with Gasteiger partial charge in [-0.3, -0.25) is 0 Å². The fraction of sp³-hybridized carbons (Fsp3) is 1.00. The van der Waals surface area contributed by atoms with Crippen LogP contribution in [0.25, 0.3) is 0 Å². The molecule has 0 N–H and O–H groups in total. The molecule has 0 radical (unpaired) electrons. The zero-order valence-corrected chi connectivity index (χ0v) is 9.57. The summed E-state index contributed by atoms with van der Waals surface area (Å²) in [5.74, 6) is 0. The van der Waals surface area contributed by atoms with Gasteiger partial charge in [-0.05, 0) is 13.8 Å². The Morgan fingerprint density at radius 2 is 1.27 bits per heavy atom. The van der Waals surface area contributed by atoms with Crippen molar-refractivity contribution in [1.29, 1.82) is 0 Å². The Kier molecular flexibility index (Phi) is 4.07. The molecule has 0 aliphatic carbocycles. The van der Waals surface area contributed by atoms with E-state index >= 15 is 0 Å². The van der Waals surface area contributed by atoms with Crippen LogP contribution in [0.1, 0.15) is 13.8 Å². The minimum absolute atomic E-state index is 0.370. The van der Waals surface area contributed by atoms with Crippen molar-refractivity contribution >= 4 is 21.4 Å². The fourth-order valence-corrected chi connectivity index (χ4v) is 3.82. The fourth-order valence-electron chi connectivity index (χ4n) is 0.999. The van der Waals surface area contributed by atoms with Crippen molar-refractivity contribution in [3.8, 4) is 0 Å². The molecular formula is C6H16O3SSi. The molecule has 0 aromatic carbocycles. The van der Waals surface area contributed by atoms with Crippen molar-refractivity contribution in [2.45, 2.75) is 18.2 Å². The van der Waals surface area contributed by atoms with Crippen LogP contribution in [0.5, 0.6) is 0 Å². The van der Waals surface area contributed by atoms with Crippen LogP contribution in [0.3, 0.4) is 0 Å². The maximum atomic E-state index is 5.22.